The van der Waals surface area contributed by atoms with E-state index in [0.717, 1.165) is 0 Å². The van der Waals surface area contributed by atoms with Gasteiger partial charge < -0.3 is 5.73 Å². The Bertz CT molecular complexity index is 336. The van der Waals surface area contributed by atoms with Gasteiger partial charge in [0.1, 0.15) is 0 Å². The van der Waals surface area contributed by atoms with Crippen LogP contribution in [0.4, 0.5) is 13.2 Å². The van der Waals surface area contributed by atoms with E-state index in [0.29, 0.717) is 24.9 Å². The Hall–Kier alpha value is -0.550. The summed E-state index contributed by atoms with van der Waals surface area (Å²) in [6, 6.07) is 4.27. The van der Waals surface area contributed by atoms with Crippen LogP contribution in [-0.4, -0.2) is 6.54 Å². The highest BCUT2D eigenvalue weighted by atomic mass is 79.9. The molecule has 0 aromatic heterocycles. The molecule has 0 amide bonds. The van der Waals surface area contributed by atoms with E-state index in [-0.39, 0.29) is 4.47 Å². The monoisotopic (exact) mass is 281 g/mol. The first kappa shape index (κ1) is 12.5. The number of hydrogen-bond donors (Lipinski definition) is 1. The van der Waals surface area contributed by atoms with Crippen molar-refractivity contribution in [3.05, 3.63) is 33.8 Å². The molecule has 2 N–H and O–H groups in total. The van der Waals surface area contributed by atoms with Gasteiger partial charge in [0.25, 0.3) is 0 Å². The predicted octanol–water partition coefficient (Wildman–Crippen LogP) is 3.36. The molecular formula is C10H11BrF3N. The number of halogens is 4. The molecule has 0 aliphatic rings. The summed E-state index contributed by atoms with van der Waals surface area (Å²) in [4.78, 5) is 0. The second-order valence-corrected chi connectivity index (χ2v) is 4.06. The Kier molecular flexibility index (Phi) is 4.16. The van der Waals surface area contributed by atoms with Crippen LogP contribution in [0.1, 0.15) is 17.5 Å². The minimum Gasteiger partial charge on any atom is -0.330 e. The molecule has 0 atom stereocenters. The molecule has 1 aromatic rings. The molecule has 1 nitrogen and oxygen atoms in total. The van der Waals surface area contributed by atoms with Crippen molar-refractivity contribution in [1.82, 2.24) is 0 Å². The molecule has 0 bridgehead atoms. The lowest BCUT2D eigenvalue weighted by Crippen LogP contribution is -2.07. The van der Waals surface area contributed by atoms with Crippen molar-refractivity contribution in [1.29, 1.82) is 0 Å². The molecule has 15 heavy (non-hydrogen) atoms. The summed E-state index contributed by atoms with van der Waals surface area (Å²) < 4.78 is 37.6. The molecule has 0 aliphatic carbocycles. The van der Waals surface area contributed by atoms with Crippen LogP contribution in [0.5, 0.6) is 0 Å². The van der Waals surface area contributed by atoms with Crippen LogP contribution in [0.3, 0.4) is 0 Å². The first-order chi connectivity index (χ1) is 6.95. The molecule has 0 radical (unpaired) electrons. The number of benzene rings is 1. The molecule has 5 heteroatoms. The van der Waals surface area contributed by atoms with Crippen molar-refractivity contribution in [3.63, 3.8) is 0 Å². The molecule has 0 saturated heterocycles. The van der Waals surface area contributed by atoms with Gasteiger partial charge >= 0.3 is 6.18 Å². The summed E-state index contributed by atoms with van der Waals surface area (Å²) >= 11 is 2.89. The van der Waals surface area contributed by atoms with Gasteiger partial charge in [-0.05, 0) is 37.1 Å². The van der Waals surface area contributed by atoms with E-state index in [9.17, 15) is 13.2 Å². The summed E-state index contributed by atoms with van der Waals surface area (Å²) in [5.41, 5.74) is 5.33. The molecule has 0 fully saturated rings. The summed E-state index contributed by atoms with van der Waals surface area (Å²) in [5, 5.41) is 0. The van der Waals surface area contributed by atoms with Crippen LogP contribution in [0.2, 0.25) is 0 Å². The lowest BCUT2D eigenvalue weighted by atomic mass is 10.1. The Morgan fingerprint density at radius 3 is 2.47 bits per heavy atom. The van der Waals surface area contributed by atoms with Crippen LogP contribution in [0.15, 0.2) is 22.7 Å². The first-order valence-electron chi connectivity index (χ1n) is 4.51. The smallest absolute Gasteiger partial charge is 0.330 e. The molecule has 0 unspecified atom stereocenters. The van der Waals surface area contributed by atoms with E-state index < -0.39 is 11.7 Å². The predicted molar refractivity (Wildman–Crippen MR) is 56.5 cm³/mol. The second-order valence-electron chi connectivity index (χ2n) is 3.20. The second kappa shape index (κ2) is 4.99. The van der Waals surface area contributed by atoms with E-state index in [1.807, 2.05) is 0 Å². The van der Waals surface area contributed by atoms with Gasteiger partial charge in [0.2, 0.25) is 0 Å². The van der Waals surface area contributed by atoms with Crippen LogP contribution in [0, 0.1) is 0 Å². The van der Waals surface area contributed by atoms with E-state index in [1.165, 1.54) is 12.1 Å². The van der Waals surface area contributed by atoms with Gasteiger partial charge in [-0.25, -0.2) is 0 Å². The van der Waals surface area contributed by atoms with E-state index in [2.05, 4.69) is 15.9 Å². The van der Waals surface area contributed by atoms with Crippen molar-refractivity contribution in [2.24, 2.45) is 5.73 Å². The van der Waals surface area contributed by atoms with E-state index in [4.69, 9.17) is 5.73 Å². The highest BCUT2D eigenvalue weighted by molar-refractivity contribution is 9.10. The Balaban J connectivity index is 2.95. The van der Waals surface area contributed by atoms with Crippen LogP contribution < -0.4 is 5.73 Å². The summed E-state index contributed by atoms with van der Waals surface area (Å²) in [5.74, 6) is 0. The molecule has 0 heterocycles. The van der Waals surface area contributed by atoms with Gasteiger partial charge in [-0.15, -0.1) is 0 Å². The molecule has 84 valence electrons. The van der Waals surface area contributed by atoms with Crippen LogP contribution in [-0.2, 0) is 12.6 Å². The highest BCUT2D eigenvalue weighted by Crippen LogP contribution is 2.35. The molecular weight excluding hydrogens is 271 g/mol. The fraction of sp³-hybridized carbons (Fsp3) is 0.400. The normalized spacial score (nSPS) is 11.8. The van der Waals surface area contributed by atoms with Gasteiger partial charge in [0, 0.05) is 4.47 Å². The summed E-state index contributed by atoms with van der Waals surface area (Å²) in [6.07, 6.45) is -3.04. The fourth-order valence-electron chi connectivity index (χ4n) is 1.25. The molecule has 0 aliphatic heterocycles. The maximum Gasteiger partial charge on any atom is 0.417 e. The maximum atomic E-state index is 12.5. The van der Waals surface area contributed by atoms with Gasteiger partial charge in [0.15, 0.2) is 0 Å². The summed E-state index contributed by atoms with van der Waals surface area (Å²) in [6.45, 7) is 0.484. The quantitative estimate of drug-likeness (QED) is 0.903. The Morgan fingerprint density at radius 1 is 1.27 bits per heavy atom. The lowest BCUT2D eigenvalue weighted by Gasteiger charge is -2.10. The van der Waals surface area contributed by atoms with E-state index in [1.54, 1.807) is 6.07 Å². The van der Waals surface area contributed by atoms with Crippen LogP contribution in [0.25, 0.3) is 0 Å². The Morgan fingerprint density at radius 2 is 1.93 bits per heavy atom. The molecule has 1 rings (SSSR count). The molecule has 0 saturated carbocycles. The highest BCUT2D eigenvalue weighted by Gasteiger charge is 2.32. The third-order valence-electron chi connectivity index (χ3n) is 2.01. The topological polar surface area (TPSA) is 26.0 Å². The maximum absolute atomic E-state index is 12.5. The number of rotatable bonds is 3. The zero-order chi connectivity index (χ0) is 11.5. The van der Waals surface area contributed by atoms with Crippen molar-refractivity contribution >= 4 is 15.9 Å². The van der Waals surface area contributed by atoms with E-state index >= 15 is 0 Å². The van der Waals surface area contributed by atoms with Gasteiger partial charge in [-0.1, -0.05) is 22.0 Å². The molecule has 0 spiro atoms. The number of nitrogens with two attached hydrogens (primary N) is 1. The zero-order valence-electron chi connectivity index (χ0n) is 7.94. The molecule has 1 aromatic carbocycles. The van der Waals surface area contributed by atoms with Crippen molar-refractivity contribution < 1.29 is 13.2 Å². The average Bonchev–Trinajstić information content (AvgIpc) is 2.15. The number of hydrogen-bond acceptors (Lipinski definition) is 1. The average molecular weight is 282 g/mol. The Labute approximate surface area is 94.6 Å². The van der Waals surface area contributed by atoms with Gasteiger partial charge in [-0.2, -0.15) is 13.2 Å². The third-order valence-corrected chi connectivity index (χ3v) is 2.70. The summed E-state index contributed by atoms with van der Waals surface area (Å²) in [7, 11) is 0. The largest absolute Gasteiger partial charge is 0.417 e. The SMILES string of the molecule is NCCCc1ccc(Br)c(C(F)(F)F)c1. The van der Waals surface area contributed by atoms with Gasteiger partial charge in [0.05, 0.1) is 5.56 Å². The van der Waals surface area contributed by atoms with Crippen molar-refractivity contribution in [2.75, 3.05) is 6.54 Å². The minimum atomic E-state index is -4.31. The number of aryl methyl sites for hydroxylation is 1. The first-order valence-corrected chi connectivity index (χ1v) is 5.30. The number of alkyl halides is 3. The van der Waals surface area contributed by atoms with Crippen molar-refractivity contribution in [3.8, 4) is 0 Å². The van der Waals surface area contributed by atoms with Gasteiger partial charge in [-0.3, -0.25) is 0 Å². The zero-order valence-corrected chi connectivity index (χ0v) is 9.53. The van der Waals surface area contributed by atoms with Crippen molar-refractivity contribution in [2.45, 2.75) is 19.0 Å². The minimum absolute atomic E-state index is 0.0755. The fourth-order valence-corrected chi connectivity index (χ4v) is 1.72. The third kappa shape index (κ3) is 3.50. The standard InChI is InChI=1S/C10H11BrF3N/c11-9-4-3-7(2-1-5-15)6-8(9)10(12,13)14/h3-4,6H,1-2,5,15H2. The lowest BCUT2D eigenvalue weighted by molar-refractivity contribution is -0.138. The van der Waals surface area contributed by atoms with Crippen LogP contribution >= 0.6 is 15.9 Å².